The summed E-state index contributed by atoms with van der Waals surface area (Å²) in [5.41, 5.74) is 4.47. The van der Waals surface area contributed by atoms with Gasteiger partial charge < -0.3 is 5.11 Å². The second kappa shape index (κ2) is 6.04. The molecular formula is C15H14N6O. The van der Waals surface area contributed by atoms with E-state index in [1.807, 2.05) is 19.2 Å². The summed E-state index contributed by atoms with van der Waals surface area (Å²) >= 11 is 0. The van der Waals surface area contributed by atoms with Crippen LogP contribution >= 0.6 is 0 Å². The van der Waals surface area contributed by atoms with E-state index in [1.165, 1.54) is 12.5 Å². The number of aromatic hydroxyl groups is 1. The lowest BCUT2D eigenvalue weighted by Gasteiger charge is -2.03. The molecule has 2 aromatic heterocycles. The molecule has 0 saturated carbocycles. The molecule has 7 heteroatoms. The number of para-hydroxylation sites is 1. The van der Waals surface area contributed by atoms with Gasteiger partial charge in [-0.3, -0.25) is 5.43 Å². The highest BCUT2D eigenvalue weighted by molar-refractivity contribution is 5.83. The Kier molecular flexibility index (Phi) is 3.78. The molecule has 0 fully saturated rings. The Morgan fingerprint density at radius 3 is 2.91 bits per heavy atom. The number of aryl methyl sites for hydroxylation is 1. The molecule has 0 spiro atoms. The molecular weight excluding hydrogens is 280 g/mol. The maximum atomic E-state index is 9.65. The number of hydrogen-bond donors (Lipinski definition) is 2. The third-order valence-corrected chi connectivity index (χ3v) is 2.92. The average Bonchev–Trinajstić information content (AvgIpc) is 2.96. The van der Waals surface area contributed by atoms with Gasteiger partial charge in [-0.2, -0.15) is 10.2 Å². The molecule has 0 aliphatic rings. The number of rotatable bonds is 4. The molecule has 0 amide bonds. The van der Waals surface area contributed by atoms with Crippen molar-refractivity contribution in [2.24, 2.45) is 5.10 Å². The zero-order valence-electron chi connectivity index (χ0n) is 11.9. The lowest BCUT2D eigenvalue weighted by molar-refractivity contribution is 0.474. The fraction of sp³-hybridized carbons (Fsp3) is 0.0667. The van der Waals surface area contributed by atoms with Gasteiger partial charge in [-0.15, -0.1) is 0 Å². The lowest BCUT2D eigenvalue weighted by Crippen LogP contribution is -2.01. The van der Waals surface area contributed by atoms with E-state index in [2.05, 4.69) is 25.6 Å². The molecule has 1 aromatic carbocycles. The van der Waals surface area contributed by atoms with Gasteiger partial charge in [0.05, 0.1) is 12.4 Å². The van der Waals surface area contributed by atoms with Crippen LogP contribution in [0.3, 0.4) is 0 Å². The highest BCUT2D eigenvalue weighted by atomic mass is 16.3. The van der Waals surface area contributed by atoms with Crippen molar-refractivity contribution in [2.45, 2.75) is 6.92 Å². The van der Waals surface area contributed by atoms with Crippen molar-refractivity contribution < 1.29 is 5.11 Å². The van der Waals surface area contributed by atoms with Crippen molar-refractivity contribution in [1.82, 2.24) is 19.7 Å². The molecule has 22 heavy (non-hydrogen) atoms. The van der Waals surface area contributed by atoms with E-state index in [0.29, 0.717) is 17.2 Å². The summed E-state index contributed by atoms with van der Waals surface area (Å²) in [6.45, 7) is 1.96. The maximum Gasteiger partial charge on any atom is 0.158 e. The topological polar surface area (TPSA) is 88.2 Å². The number of aromatic nitrogens is 4. The minimum atomic E-state index is 0.170. The molecule has 2 N–H and O–H groups in total. The Morgan fingerprint density at radius 1 is 1.27 bits per heavy atom. The molecule has 0 unspecified atom stereocenters. The fourth-order valence-corrected chi connectivity index (χ4v) is 1.84. The lowest BCUT2D eigenvalue weighted by atomic mass is 10.2. The molecule has 0 bridgehead atoms. The van der Waals surface area contributed by atoms with Crippen LogP contribution in [0.5, 0.6) is 5.75 Å². The maximum absolute atomic E-state index is 9.65. The molecule has 3 rings (SSSR count). The van der Waals surface area contributed by atoms with Gasteiger partial charge >= 0.3 is 0 Å². The Balaban J connectivity index is 1.75. The normalized spacial score (nSPS) is 11.0. The molecule has 0 aliphatic carbocycles. The third kappa shape index (κ3) is 3.09. The van der Waals surface area contributed by atoms with Gasteiger partial charge in [0, 0.05) is 17.8 Å². The minimum Gasteiger partial charge on any atom is -0.507 e. The number of hydrazone groups is 1. The SMILES string of the molecule is Cc1cnn(-c2cc(N/N=C/c3ccccc3O)ncn2)c1. The average molecular weight is 294 g/mol. The van der Waals surface area contributed by atoms with Crippen LogP contribution in [0.15, 0.2) is 54.2 Å². The van der Waals surface area contributed by atoms with Gasteiger partial charge in [-0.05, 0) is 24.6 Å². The van der Waals surface area contributed by atoms with Crippen LogP contribution in [-0.4, -0.2) is 31.1 Å². The van der Waals surface area contributed by atoms with E-state index in [9.17, 15) is 5.11 Å². The Morgan fingerprint density at radius 2 is 2.14 bits per heavy atom. The molecule has 0 aliphatic heterocycles. The Labute approximate surface area is 127 Å². The summed E-state index contributed by atoms with van der Waals surface area (Å²) in [4.78, 5) is 8.25. The zero-order chi connectivity index (χ0) is 15.4. The van der Waals surface area contributed by atoms with Gasteiger partial charge in [0.15, 0.2) is 11.6 Å². The second-order valence-corrected chi connectivity index (χ2v) is 4.65. The van der Waals surface area contributed by atoms with Crippen molar-refractivity contribution in [3.63, 3.8) is 0 Å². The van der Waals surface area contributed by atoms with E-state index in [1.54, 1.807) is 35.1 Å². The minimum absolute atomic E-state index is 0.170. The van der Waals surface area contributed by atoms with E-state index in [-0.39, 0.29) is 5.75 Å². The van der Waals surface area contributed by atoms with E-state index >= 15 is 0 Å². The van der Waals surface area contributed by atoms with Crippen LogP contribution in [0.2, 0.25) is 0 Å². The largest absolute Gasteiger partial charge is 0.507 e. The van der Waals surface area contributed by atoms with E-state index < -0.39 is 0 Å². The second-order valence-electron chi connectivity index (χ2n) is 4.65. The highest BCUT2D eigenvalue weighted by Gasteiger charge is 2.02. The van der Waals surface area contributed by atoms with Gasteiger partial charge in [0.25, 0.3) is 0 Å². The first-order chi connectivity index (χ1) is 10.7. The molecule has 0 saturated heterocycles. The van der Waals surface area contributed by atoms with Crippen molar-refractivity contribution in [3.05, 3.63) is 60.2 Å². The van der Waals surface area contributed by atoms with E-state index in [0.717, 1.165) is 5.56 Å². The summed E-state index contributed by atoms with van der Waals surface area (Å²) < 4.78 is 1.66. The van der Waals surface area contributed by atoms with Crippen LogP contribution in [0.4, 0.5) is 5.82 Å². The van der Waals surface area contributed by atoms with Gasteiger partial charge in [-0.25, -0.2) is 14.6 Å². The Hall–Kier alpha value is -3.22. The van der Waals surface area contributed by atoms with Crippen molar-refractivity contribution in [2.75, 3.05) is 5.43 Å². The van der Waals surface area contributed by atoms with Crippen molar-refractivity contribution >= 4 is 12.0 Å². The molecule has 7 nitrogen and oxygen atoms in total. The summed E-state index contributed by atoms with van der Waals surface area (Å²) in [5, 5.41) is 17.9. The van der Waals surface area contributed by atoms with Gasteiger partial charge in [0.1, 0.15) is 12.1 Å². The number of phenols is 1. The molecule has 3 aromatic rings. The summed E-state index contributed by atoms with van der Waals surface area (Å²) in [7, 11) is 0. The van der Waals surface area contributed by atoms with Gasteiger partial charge in [0.2, 0.25) is 0 Å². The smallest absolute Gasteiger partial charge is 0.158 e. The van der Waals surface area contributed by atoms with Crippen molar-refractivity contribution in [3.8, 4) is 11.6 Å². The zero-order valence-corrected chi connectivity index (χ0v) is 11.9. The molecule has 0 atom stereocenters. The van der Waals surface area contributed by atoms with Crippen molar-refractivity contribution in [1.29, 1.82) is 0 Å². The number of nitrogens with zero attached hydrogens (tertiary/aromatic N) is 5. The van der Waals surface area contributed by atoms with Crippen LogP contribution in [0.25, 0.3) is 5.82 Å². The molecule has 2 heterocycles. The molecule has 0 radical (unpaired) electrons. The first-order valence-electron chi connectivity index (χ1n) is 6.63. The number of phenolic OH excluding ortho intramolecular Hbond substituents is 1. The Bertz CT molecular complexity index is 811. The van der Waals surface area contributed by atoms with Crippen LogP contribution in [0.1, 0.15) is 11.1 Å². The number of benzene rings is 1. The third-order valence-electron chi connectivity index (χ3n) is 2.92. The first kappa shape index (κ1) is 13.7. The highest BCUT2D eigenvalue weighted by Crippen LogP contribution is 2.13. The number of anilines is 1. The van der Waals surface area contributed by atoms with Crippen LogP contribution in [0, 0.1) is 6.92 Å². The summed E-state index contributed by atoms with van der Waals surface area (Å²) in [6, 6.07) is 8.67. The van der Waals surface area contributed by atoms with Gasteiger partial charge in [-0.1, -0.05) is 12.1 Å². The van der Waals surface area contributed by atoms with Crippen LogP contribution in [-0.2, 0) is 0 Å². The quantitative estimate of drug-likeness (QED) is 0.568. The first-order valence-corrected chi connectivity index (χ1v) is 6.63. The summed E-state index contributed by atoms with van der Waals surface area (Å²) in [5.74, 6) is 1.34. The predicted molar refractivity (Wildman–Crippen MR) is 83.2 cm³/mol. The fourth-order valence-electron chi connectivity index (χ4n) is 1.84. The number of nitrogens with one attached hydrogen (secondary N) is 1. The van der Waals surface area contributed by atoms with Crippen LogP contribution < -0.4 is 5.43 Å². The standard InChI is InChI=1S/C15H14N6O/c1-11-7-19-21(9-11)15-6-14(16-10-17-15)20-18-8-12-4-2-3-5-13(12)22/h2-10,22H,1H3,(H,16,17,20)/b18-8+. The summed E-state index contributed by atoms with van der Waals surface area (Å²) in [6.07, 6.45) is 6.59. The predicted octanol–water partition coefficient (Wildman–Crippen LogP) is 2.12. The molecule has 110 valence electrons. The van der Waals surface area contributed by atoms with E-state index in [4.69, 9.17) is 0 Å². The number of hydrogen-bond acceptors (Lipinski definition) is 6. The monoisotopic (exact) mass is 294 g/mol.